The lowest BCUT2D eigenvalue weighted by atomic mass is 9.87. The summed E-state index contributed by atoms with van der Waals surface area (Å²) in [4.78, 5) is 2.64. The third-order valence-electron chi connectivity index (χ3n) is 4.24. The van der Waals surface area contributed by atoms with Crippen LogP contribution >= 0.6 is 0 Å². The first-order chi connectivity index (χ1) is 7.29. The van der Waals surface area contributed by atoms with Crippen molar-refractivity contribution < 1.29 is 4.74 Å². The SMILES string of the molecule is COCC(N)C1(N2CCCC2)CCCC1. The first kappa shape index (κ1) is 11.4. The topological polar surface area (TPSA) is 38.5 Å². The van der Waals surface area contributed by atoms with Crippen LogP contribution in [-0.2, 0) is 4.74 Å². The number of methoxy groups -OCH3 is 1. The Labute approximate surface area is 93.0 Å². The molecule has 88 valence electrons. The average molecular weight is 212 g/mol. The van der Waals surface area contributed by atoms with Crippen LogP contribution in [0.25, 0.3) is 0 Å². The summed E-state index contributed by atoms with van der Waals surface area (Å²) in [5.41, 5.74) is 6.61. The van der Waals surface area contributed by atoms with Crippen molar-refractivity contribution in [1.29, 1.82) is 0 Å². The van der Waals surface area contributed by atoms with E-state index in [9.17, 15) is 0 Å². The predicted molar refractivity (Wildman–Crippen MR) is 61.9 cm³/mol. The summed E-state index contributed by atoms with van der Waals surface area (Å²) in [6.45, 7) is 3.20. The van der Waals surface area contributed by atoms with Gasteiger partial charge in [0.05, 0.1) is 6.61 Å². The number of hydrogen-bond acceptors (Lipinski definition) is 3. The van der Waals surface area contributed by atoms with Crippen LogP contribution in [0, 0.1) is 0 Å². The number of ether oxygens (including phenoxy) is 1. The van der Waals surface area contributed by atoms with Crippen LogP contribution in [0.3, 0.4) is 0 Å². The van der Waals surface area contributed by atoms with Crippen LogP contribution in [0.4, 0.5) is 0 Å². The largest absolute Gasteiger partial charge is 0.383 e. The predicted octanol–water partition coefficient (Wildman–Crippen LogP) is 1.37. The highest BCUT2D eigenvalue weighted by atomic mass is 16.5. The van der Waals surface area contributed by atoms with Crippen molar-refractivity contribution in [3.05, 3.63) is 0 Å². The van der Waals surface area contributed by atoms with E-state index in [1.165, 1.54) is 51.6 Å². The molecule has 1 saturated heterocycles. The Morgan fingerprint density at radius 3 is 2.33 bits per heavy atom. The summed E-state index contributed by atoms with van der Waals surface area (Å²) in [6, 6.07) is 0.197. The fraction of sp³-hybridized carbons (Fsp3) is 1.00. The van der Waals surface area contributed by atoms with Gasteiger partial charge in [-0.1, -0.05) is 12.8 Å². The van der Waals surface area contributed by atoms with E-state index in [0.29, 0.717) is 6.61 Å². The van der Waals surface area contributed by atoms with Crippen molar-refractivity contribution >= 4 is 0 Å². The Balaban J connectivity index is 2.08. The van der Waals surface area contributed by atoms with Crippen molar-refractivity contribution in [3.63, 3.8) is 0 Å². The number of nitrogens with two attached hydrogens (primary N) is 1. The van der Waals surface area contributed by atoms with Crippen molar-refractivity contribution in [2.24, 2.45) is 5.73 Å². The fourth-order valence-electron chi connectivity index (χ4n) is 3.41. The van der Waals surface area contributed by atoms with Gasteiger partial charge in [0.25, 0.3) is 0 Å². The van der Waals surface area contributed by atoms with Crippen LogP contribution in [0.2, 0.25) is 0 Å². The van der Waals surface area contributed by atoms with Gasteiger partial charge in [-0.2, -0.15) is 0 Å². The second kappa shape index (κ2) is 4.81. The highest BCUT2D eigenvalue weighted by Crippen LogP contribution is 2.39. The molecule has 0 radical (unpaired) electrons. The molecule has 0 aromatic carbocycles. The van der Waals surface area contributed by atoms with Crippen LogP contribution in [0.15, 0.2) is 0 Å². The Bertz CT molecular complexity index is 196. The van der Waals surface area contributed by atoms with Crippen LogP contribution in [0.1, 0.15) is 38.5 Å². The maximum Gasteiger partial charge on any atom is 0.0631 e. The number of rotatable bonds is 4. The van der Waals surface area contributed by atoms with Gasteiger partial charge in [0.2, 0.25) is 0 Å². The molecule has 1 aliphatic carbocycles. The van der Waals surface area contributed by atoms with Gasteiger partial charge in [-0.15, -0.1) is 0 Å². The third kappa shape index (κ3) is 2.05. The molecule has 2 rings (SSSR count). The summed E-state index contributed by atoms with van der Waals surface area (Å²) >= 11 is 0. The smallest absolute Gasteiger partial charge is 0.0631 e. The summed E-state index contributed by atoms with van der Waals surface area (Å²) in [5, 5.41) is 0. The number of nitrogens with zero attached hydrogens (tertiary/aromatic N) is 1. The monoisotopic (exact) mass is 212 g/mol. The molecule has 2 fully saturated rings. The van der Waals surface area contributed by atoms with Gasteiger partial charge in [0, 0.05) is 18.7 Å². The third-order valence-corrected chi connectivity index (χ3v) is 4.24. The molecule has 1 unspecified atom stereocenters. The molecule has 0 spiro atoms. The van der Waals surface area contributed by atoms with Gasteiger partial charge in [-0.05, 0) is 38.8 Å². The molecule has 2 aliphatic rings. The normalized spacial score (nSPS) is 28.4. The highest BCUT2D eigenvalue weighted by Gasteiger charge is 2.44. The van der Waals surface area contributed by atoms with E-state index in [2.05, 4.69) is 4.90 Å². The van der Waals surface area contributed by atoms with E-state index in [4.69, 9.17) is 10.5 Å². The second-order valence-electron chi connectivity index (χ2n) is 5.07. The maximum atomic E-state index is 6.34. The first-order valence-electron chi connectivity index (χ1n) is 6.29. The van der Waals surface area contributed by atoms with Gasteiger partial charge in [-0.25, -0.2) is 0 Å². The van der Waals surface area contributed by atoms with Gasteiger partial charge < -0.3 is 10.5 Å². The van der Waals surface area contributed by atoms with Gasteiger partial charge in [0.1, 0.15) is 0 Å². The quantitative estimate of drug-likeness (QED) is 0.765. The summed E-state index contributed by atoms with van der Waals surface area (Å²) in [6.07, 6.45) is 7.93. The molecule has 0 bridgehead atoms. The molecule has 1 aliphatic heterocycles. The highest BCUT2D eigenvalue weighted by molar-refractivity contribution is 5.03. The average Bonchev–Trinajstić information content (AvgIpc) is 2.90. The Morgan fingerprint density at radius 1 is 1.20 bits per heavy atom. The lowest BCUT2D eigenvalue weighted by Crippen LogP contribution is -2.59. The molecule has 0 amide bonds. The molecular formula is C12H24N2O. The standard InChI is InChI=1S/C12H24N2O/c1-15-10-11(13)12(6-2-3-7-12)14-8-4-5-9-14/h11H,2-10,13H2,1H3. The zero-order valence-corrected chi connectivity index (χ0v) is 9.87. The maximum absolute atomic E-state index is 6.34. The minimum absolute atomic E-state index is 0.197. The molecule has 1 heterocycles. The molecular weight excluding hydrogens is 188 g/mol. The lowest BCUT2D eigenvalue weighted by Gasteiger charge is -2.43. The van der Waals surface area contributed by atoms with E-state index in [0.717, 1.165) is 0 Å². The minimum Gasteiger partial charge on any atom is -0.383 e. The van der Waals surface area contributed by atoms with Crippen molar-refractivity contribution in [2.75, 3.05) is 26.8 Å². The second-order valence-corrected chi connectivity index (χ2v) is 5.07. The van der Waals surface area contributed by atoms with E-state index in [1.54, 1.807) is 7.11 Å². The Hall–Kier alpha value is -0.120. The van der Waals surface area contributed by atoms with E-state index >= 15 is 0 Å². The van der Waals surface area contributed by atoms with E-state index in [-0.39, 0.29) is 11.6 Å². The van der Waals surface area contributed by atoms with Crippen LogP contribution in [-0.4, -0.2) is 43.3 Å². The van der Waals surface area contributed by atoms with Crippen molar-refractivity contribution in [3.8, 4) is 0 Å². The van der Waals surface area contributed by atoms with Gasteiger partial charge in [-0.3, -0.25) is 4.90 Å². The van der Waals surface area contributed by atoms with Gasteiger partial charge >= 0.3 is 0 Å². The zero-order valence-electron chi connectivity index (χ0n) is 9.87. The van der Waals surface area contributed by atoms with Crippen LogP contribution in [0.5, 0.6) is 0 Å². The van der Waals surface area contributed by atoms with E-state index in [1.807, 2.05) is 0 Å². The molecule has 2 N–H and O–H groups in total. The molecule has 15 heavy (non-hydrogen) atoms. The zero-order chi connectivity index (χ0) is 10.7. The summed E-state index contributed by atoms with van der Waals surface area (Å²) < 4.78 is 5.25. The van der Waals surface area contributed by atoms with Crippen molar-refractivity contribution in [1.82, 2.24) is 4.90 Å². The Morgan fingerprint density at radius 2 is 1.80 bits per heavy atom. The first-order valence-corrected chi connectivity index (χ1v) is 6.29. The molecule has 3 nitrogen and oxygen atoms in total. The summed E-state index contributed by atoms with van der Waals surface area (Å²) in [7, 11) is 1.76. The van der Waals surface area contributed by atoms with E-state index < -0.39 is 0 Å². The molecule has 0 aromatic heterocycles. The van der Waals surface area contributed by atoms with Gasteiger partial charge in [0.15, 0.2) is 0 Å². The molecule has 3 heteroatoms. The summed E-state index contributed by atoms with van der Waals surface area (Å²) in [5.74, 6) is 0. The number of likely N-dealkylation sites (tertiary alicyclic amines) is 1. The number of hydrogen-bond donors (Lipinski definition) is 1. The van der Waals surface area contributed by atoms with Crippen molar-refractivity contribution in [2.45, 2.75) is 50.1 Å². The fourth-order valence-corrected chi connectivity index (χ4v) is 3.41. The van der Waals surface area contributed by atoms with Crippen LogP contribution < -0.4 is 5.73 Å². The minimum atomic E-state index is 0.197. The molecule has 1 atom stereocenters. The molecule has 1 saturated carbocycles. The Kier molecular flexibility index (Phi) is 3.65. The lowest BCUT2D eigenvalue weighted by molar-refractivity contribution is 0.0509. The molecule has 0 aromatic rings.